The molecule has 0 aliphatic carbocycles. The van der Waals surface area contributed by atoms with Crippen molar-refractivity contribution in [2.75, 3.05) is 11.5 Å². The van der Waals surface area contributed by atoms with Crippen LogP contribution in [0.1, 0.15) is 30.9 Å². The van der Waals surface area contributed by atoms with E-state index in [1.165, 1.54) is 16.9 Å². The molecule has 5 nitrogen and oxygen atoms in total. The number of para-hydroxylation sites is 1. The summed E-state index contributed by atoms with van der Waals surface area (Å²) in [6.45, 7) is 4.56. The molecule has 7 heteroatoms. The first-order chi connectivity index (χ1) is 15.0. The molecule has 0 unspecified atom stereocenters. The first-order valence-electron chi connectivity index (χ1n) is 9.98. The van der Waals surface area contributed by atoms with Crippen LogP contribution in [0.15, 0.2) is 67.0 Å². The van der Waals surface area contributed by atoms with Crippen molar-refractivity contribution in [3.05, 3.63) is 83.1 Å². The maximum absolute atomic E-state index is 13.2. The number of hydrogen-bond donors (Lipinski definition) is 0. The number of thiazole rings is 1. The first kappa shape index (κ1) is 21.3. The van der Waals surface area contributed by atoms with Crippen molar-refractivity contribution < 1.29 is 9.53 Å². The van der Waals surface area contributed by atoms with E-state index in [1.807, 2.05) is 24.3 Å². The van der Waals surface area contributed by atoms with Gasteiger partial charge in [0.1, 0.15) is 5.75 Å². The van der Waals surface area contributed by atoms with Crippen LogP contribution in [0.25, 0.3) is 10.2 Å². The normalized spacial score (nSPS) is 11.1. The van der Waals surface area contributed by atoms with Crippen LogP contribution in [-0.4, -0.2) is 22.5 Å². The van der Waals surface area contributed by atoms with Gasteiger partial charge < -0.3 is 4.74 Å². The number of hydrogen-bond acceptors (Lipinski definition) is 5. The molecule has 2 heterocycles. The van der Waals surface area contributed by atoms with Gasteiger partial charge in [-0.3, -0.25) is 14.7 Å². The fraction of sp³-hybridized carbons (Fsp3) is 0.208. The summed E-state index contributed by atoms with van der Waals surface area (Å²) in [6, 6.07) is 16.9. The number of halogens is 1. The molecule has 4 aromatic rings. The van der Waals surface area contributed by atoms with E-state index in [0.29, 0.717) is 28.4 Å². The summed E-state index contributed by atoms with van der Waals surface area (Å²) in [4.78, 5) is 23.9. The average molecular weight is 452 g/mol. The second-order valence-electron chi connectivity index (χ2n) is 7.43. The van der Waals surface area contributed by atoms with Gasteiger partial charge in [-0.05, 0) is 53.4 Å². The lowest BCUT2D eigenvalue weighted by molar-refractivity contribution is -0.120. The summed E-state index contributed by atoms with van der Waals surface area (Å²) >= 11 is 7.43. The molecule has 0 atom stereocenters. The number of rotatable bonds is 7. The van der Waals surface area contributed by atoms with Crippen molar-refractivity contribution >= 4 is 44.2 Å². The molecule has 31 heavy (non-hydrogen) atoms. The lowest BCUT2D eigenvalue weighted by Crippen LogP contribution is -2.34. The highest BCUT2D eigenvalue weighted by Gasteiger charge is 2.22. The molecule has 2 aromatic heterocycles. The zero-order chi connectivity index (χ0) is 21.8. The van der Waals surface area contributed by atoms with Crippen LogP contribution in [0.3, 0.4) is 0 Å². The Morgan fingerprint density at radius 1 is 1.13 bits per heavy atom. The Balaban J connectivity index is 1.64. The fourth-order valence-corrected chi connectivity index (χ4v) is 4.37. The number of aromatic nitrogens is 2. The highest BCUT2D eigenvalue weighted by Crippen LogP contribution is 2.34. The molecule has 158 valence electrons. The molecule has 0 aliphatic rings. The van der Waals surface area contributed by atoms with E-state index in [2.05, 4.69) is 24.9 Å². The third-order valence-electron chi connectivity index (χ3n) is 4.83. The second kappa shape index (κ2) is 9.45. The molecule has 0 N–H and O–H groups in total. The van der Waals surface area contributed by atoms with Crippen molar-refractivity contribution in [1.82, 2.24) is 9.97 Å². The molecule has 2 aromatic carbocycles. The standard InChI is InChI=1S/C24H22ClN3O2S/c1-16(2)20-6-3-7-21-23(20)27-24(31-21)28(14-17-5-4-12-26-13-17)22(29)15-30-19-10-8-18(25)9-11-19/h3-13,16H,14-15H2,1-2H3. The number of ether oxygens (including phenoxy) is 1. The second-order valence-corrected chi connectivity index (χ2v) is 8.87. The highest BCUT2D eigenvalue weighted by molar-refractivity contribution is 7.22. The van der Waals surface area contributed by atoms with Crippen molar-refractivity contribution in [1.29, 1.82) is 0 Å². The Morgan fingerprint density at radius 3 is 2.65 bits per heavy atom. The quantitative estimate of drug-likeness (QED) is 0.341. The molecule has 0 saturated carbocycles. The minimum atomic E-state index is -0.177. The van der Waals surface area contributed by atoms with Gasteiger partial charge in [0.15, 0.2) is 11.7 Å². The van der Waals surface area contributed by atoms with Crippen LogP contribution in [-0.2, 0) is 11.3 Å². The molecule has 0 spiro atoms. The van der Waals surface area contributed by atoms with Crippen molar-refractivity contribution in [2.24, 2.45) is 0 Å². The number of pyridine rings is 1. The van der Waals surface area contributed by atoms with Gasteiger partial charge in [-0.25, -0.2) is 4.98 Å². The third-order valence-corrected chi connectivity index (χ3v) is 6.13. The lowest BCUT2D eigenvalue weighted by atomic mass is 10.0. The molecule has 0 bridgehead atoms. The first-order valence-corrected chi connectivity index (χ1v) is 11.2. The molecule has 0 aliphatic heterocycles. The maximum Gasteiger partial charge on any atom is 0.267 e. The fourth-order valence-electron chi connectivity index (χ4n) is 3.23. The van der Waals surface area contributed by atoms with E-state index in [-0.39, 0.29) is 12.5 Å². The summed E-state index contributed by atoms with van der Waals surface area (Å²) < 4.78 is 6.77. The van der Waals surface area contributed by atoms with E-state index in [0.717, 1.165) is 15.8 Å². The van der Waals surface area contributed by atoms with Crippen LogP contribution in [0.2, 0.25) is 5.02 Å². The van der Waals surface area contributed by atoms with E-state index >= 15 is 0 Å². The van der Waals surface area contributed by atoms with Gasteiger partial charge in [-0.1, -0.05) is 55.0 Å². The smallest absolute Gasteiger partial charge is 0.267 e. The molecular formula is C24H22ClN3O2S. The van der Waals surface area contributed by atoms with Gasteiger partial charge in [0.05, 0.1) is 16.8 Å². The van der Waals surface area contributed by atoms with E-state index in [1.54, 1.807) is 41.6 Å². The van der Waals surface area contributed by atoms with Gasteiger partial charge in [0.25, 0.3) is 5.91 Å². The maximum atomic E-state index is 13.2. The molecule has 0 saturated heterocycles. The van der Waals surface area contributed by atoms with Crippen molar-refractivity contribution in [2.45, 2.75) is 26.3 Å². The Hall–Kier alpha value is -2.96. The number of anilines is 1. The van der Waals surface area contributed by atoms with Crippen LogP contribution in [0.4, 0.5) is 5.13 Å². The zero-order valence-electron chi connectivity index (χ0n) is 17.3. The largest absolute Gasteiger partial charge is 0.484 e. The summed E-state index contributed by atoms with van der Waals surface area (Å²) in [7, 11) is 0. The molecular weight excluding hydrogens is 430 g/mol. The monoisotopic (exact) mass is 451 g/mol. The zero-order valence-corrected chi connectivity index (χ0v) is 18.9. The van der Waals surface area contributed by atoms with Gasteiger partial charge in [-0.15, -0.1) is 0 Å². The Bertz CT molecular complexity index is 1180. The molecule has 1 amide bonds. The van der Waals surface area contributed by atoms with Crippen molar-refractivity contribution in [3.8, 4) is 5.75 Å². The Morgan fingerprint density at radius 2 is 1.94 bits per heavy atom. The summed E-state index contributed by atoms with van der Waals surface area (Å²) in [5.41, 5.74) is 3.04. The number of nitrogens with zero attached hydrogens (tertiary/aromatic N) is 3. The van der Waals surface area contributed by atoms with Gasteiger partial charge in [0.2, 0.25) is 0 Å². The van der Waals surface area contributed by atoms with Crippen LogP contribution in [0, 0.1) is 0 Å². The topological polar surface area (TPSA) is 55.3 Å². The average Bonchev–Trinajstić information content (AvgIpc) is 3.21. The predicted molar refractivity (Wildman–Crippen MR) is 126 cm³/mol. The Labute approximate surface area is 190 Å². The number of carbonyl (C=O) groups is 1. The van der Waals surface area contributed by atoms with Gasteiger partial charge >= 0.3 is 0 Å². The molecule has 0 radical (unpaired) electrons. The number of amides is 1. The van der Waals surface area contributed by atoms with Crippen LogP contribution >= 0.6 is 22.9 Å². The van der Waals surface area contributed by atoms with Crippen LogP contribution in [0.5, 0.6) is 5.75 Å². The van der Waals surface area contributed by atoms with Crippen molar-refractivity contribution in [3.63, 3.8) is 0 Å². The minimum Gasteiger partial charge on any atom is -0.484 e. The SMILES string of the molecule is CC(C)c1cccc2sc(N(Cc3cccnc3)C(=O)COc3ccc(Cl)cc3)nc12. The third kappa shape index (κ3) is 5.03. The summed E-state index contributed by atoms with van der Waals surface area (Å²) in [5.74, 6) is 0.754. The van der Waals surface area contributed by atoms with E-state index in [9.17, 15) is 4.79 Å². The van der Waals surface area contributed by atoms with E-state index < -0.39 is 0 Å². The summed E-state index contributed by atoms with van der Waals surface area (Å²) in [5, 5.41) is 1.27. The van der Waals surface area contributed by atoms with E-state index in [4.69, 9.17) is 21.3 Å². The number of carbonyl (C=O) groups excluding carboxylic acids is 1. The number of fused-ring (bicyclic) bond motifs is 1. The lowest BCUT2D eigenvalue weighted by Gasteiger charge is -2.20. The Kier molecular flexibility index (Phi) is 6.49. The molecule has 4 rings (SSSR count). The minimum absolute atomic E-state index is 0.102. The summed E-state index contributed by atoms with van der Waals surface area (Å²) in [6.07, 6.45) is 3.47. The number of benzene rings is 2. The highest BCUT2D eigenvalue weighted by atomic mass is 35.5. The van der Waals surface area contributed by atoms with Crippen LogP contribution < -0.4 is 9.64 Å². The van der Waals surface area contributed by atoms with Gasteiger partial charge in [0, 0.05) is 17.4 Å². The van der Waals surface area contributed by atoms with Gasteiger partial charge in [-0.2, -0.15) is 0 Å². The molecule has 0 fully saturated rings. The predicted octanol–water partition coefficient (Wildman–Crippen LogP) is 6.08.